The molecule has 0 spiro atoms. The summed E-state index contributed by atoms with van der Waals surface area (Å²) in [5.74, 6) is 40.2. The van der Waals surface area contributed by atoms with Crippen LogP contribution in [0.2, 0.25) is 12.1 Å². The zero-order chi connectivity index (χ0) is 30.0. The molecule has 0 radical (unpaired) electrons. The van der Waals surface area contributed by atoms with E-state index in [1.807, 2.05) is 0 Å². The standard InChI is InChI=1S/C30H33NO7Si2/c1-8-9-10-11-12-13-14-15-16-17-18-19-20-21-22-25-30(32)31(26-23-28-39(33-2,34-3)35-4)27-24-29-40(36-5,37-6)38-7/h23-24,26-29H2,1-7H3. The molecular weight excluding hydrogens is 543 g/mol. The van der Waals surface area contributed by atoms with Gasteiger partial charge in [0.15, 0.2) is 0 Å². The molecule has 0 aromatic carbocycles. The summed E-state index contributed by atoms with van der Waals surface area (Å²) in [5.41, 5.74) is 0. The molecule has 0 unspecified atom stereocenters. The molecule has 0 fully saturated rings. The number of rotatable bonds is 14. The molecule has 0 aliphatic carbocycles. The summed E-state index contributed by atoms with van der Waals surface area (Å²) in [6, 6.07) is 1.08. The topological polar surface area (TPSA) is 75.7 Å². The number of hydrogen-bond donors (Lipinski definition) is 0. The Balaban J connectivity index is 5.28. The second-order valence-corrected chi connectivity index (χ2v) is 13.4. The van der Waals surface area contributed by atoms with E-state index >= 15 is 0 Å². The van der Waals surface area contributed by atoms with Crippen LogP contribution in [0.4, 0.5) is 0 Å². The number of carbonyl (C=O) groups excluding carboxylic acids is 1. The molecule has 1 amide bonds. The van der Waals surface area contributed by atoms with E-state index < -0.39 is 17.6 Å². The highest BCUT2D eigenvalue weighted by atomic mass is 28.4. The number of amides is 1. The minimum absolute atomic E-state index is 0.371. The van der Waals surface area contributed by atoms with Gasteiger partial charge in [-0.25, -0.2) is 0 Å². The summed E-state index contributed by atoms with van der Waals surface area (Å²) >= 11 is 0. The first-order chi connectivity index (χ1) is 19.4. The highest BCUT2D eigenvalue weighted by molar-refractivity contribution is 6.60. The minimum atomic E-state index is -2.76. The Labute approximate surface area is 241 Å². The summed E-state index contributed by atoms with van der Waals surface area (Å²) in [4.78, 5) is 14.5. The van der Waals surface area contributed by atoms with Crippen LogP contribution in [0.1, 0.15) is 19.8 Å². The van der Waals surface area contributed by atoms with Crippen molar-refractivity contribution in [2.45, 2.75) is 31.9 Å². The fourth-order valence-electron chi connectivity index (χ4n) is 3.00. The van der Waals surface area contributed by atoms with Crippen LogP contribution in [-0.4, -0.2) is 84.2 Å². The Morgan fingerprint density at radius 2 is 0.825 bits per heavy atom. The van der Waals surface area contributed by atoms with Gasteiger partial charge >= 0.3 is 17.6 Å². The lowest BCUT2D eigenvalue weighted by Gasteiger charge is -2.27. The van der Waals surface area contributed by atoms with E-state index in [9.17, 15) is 4.79 Å². The van der Waals surface area contributed by atoms with Gasteiger partial charge in [0.05, 0.1) is 0 Å². The van der Waals surface area contributed by atoms with Crippen LogP contribution in [0.15, 0.2) is 0 Å². The van der Waals surface area contributed by atoms with Gasteiger partial charge in [-0.2, -0.15) is 0 Å². The third-order valence-electron chi connectivity index (χ3n) is 5.08. The molecule has 0 atom stereocenters. The van der Waals surface area contributed by atoms with Gasteiger partial charge in [0.25, 0.3) is 5.91 Å². The molecule has 0 saturated heterocycles. The molecule has 0 aliphatic heterocycles. The van der Waals surface area contributed by atoms with E-state index in [0.717, 1.165) is 0 Å². The highest BCUT2D eigenvalue weighted by Gasteiger charge is 2.38. The van der Waals surface area contributed by atoms with Crippen LogP contribution in [0.25, 0.3) is 0 Å². The maximum atomic E-state index is 12.8. The number of nitrogens with zero attached hydrogens (tertiary/aromatic N) is 1. The molecule has 0 aromatic rings. The molecule has 0 aliphatic rings. The molecule has 0 aromatic heterocycles. The average molecular weight is 576 g/mol. The van der Waals surface area contributed by atoms with Gasteiger partial charge in [-0.05, 0) is 103 Å². The third-order valence-corrected chi connectivity index (χ3v) is 10.7. The lowest BCUT2D eigenvalue weighted by Crippen LogP contribution is -2.44. The van der Waals surface area contributed by atoms with Crippen molar-refractivity contribution in [1.82, 2.24) is 4.90 Å². The Morgan fingerprint density at radius 3 is 1.12 bits per heavy atom. The van der Waals surface area contributed by atoms with Gasteiger partial charge in [0.2, 0.25) is 0 Å². The Kier molecular flexibility index (Phi) is 20.8. The van der Waals surface area contributed by atoms with Crippen LogP contribution >= 0.6 is 0 Å². The first-order valence-electron chi connectivity index (χ1n) is 11.9. The lowest BCUT2D eigenvalue weighted by atomic mass is 10.3. The molecule has 40 heavy (non-hydrogen) atoms. The summed E-state index contributed by atoms with van der Waals surface area (Å²) < 4.78 is 32.8. The van der Waals surface area contributed by atoms with Crippen LogP contribution < -0.4 is 0 Å². The van der Waals surface area contributed by atoms with E-state index in [1.54, 1.807) is 54.5 Å². The monoisotopic (exact) mass is 575 g/mol. The summed E-state index contributed by atoms with van der Waals surface area (Å²) in [6.07, 6.45) is 1.20. The third kappa shape index (κ3) is 15.5. The normalized spacial score (nSPS) is 9.07. The van der Waals surface area contributed by atoms with Crippen LogP contribution in [0, 0.1) is 94.7 Å². The molecule has 8 nitrogen and oxygen atoms in total. The van der Waals surface area contributed by atoms with E-state index in [0.29, 0.717) is 38.0 Å². The van der Waals surface area contributed by atoms with Gasteiger partial charge in [-0.1, -0.05) is 5.92 Å². The molecule has 10 heteroatoms. The Morgan fingerprint density at radius 1 is 0.525 bits per heavy atom. The van der Waals surface area contributed by atoms with Crippen molar-refractivity contribution in [3.8, 4) is 94.7 Å². The van der Waals surface area contributed by atoms with Crippen LogP contribution in [0.3, 0.4) is 0 Å². The van der Waals surface area contributed by atoms with Crippen molar-refractivity contribution in [2.75, 3.05) is 55.7 Å². The average Bonchev–Trinajstić information content (AvgIpc) is 2.99. The van der Waals surface area contributed by atoms with E-state index in [1.165, 1.54) is 0 Å². The zero-order valence-electron chi connectivity index (χ0n) is 24.0. The second kappa shape index (κ2) is 23.1. The molecule has 0 rings (SSSR count). The van der Waals surface area contributed by atoms with Gasteiger partial charge in [0, 0.05) is 73.8 Å². The SMILES string of the molecule is CC#CC#CC#CC#CC#CC#CC#CC#CC(=O)N(CCC[Si](OC)(OC)OC)CCC[Si](OC)(OC)OC. The van der Waals surface area contributed by atoms with Crippen LogP contribution in [0.5, 0.6) is 0 Å². The van der Waals surface area contributed by atoms with Crippen molar-refractivity contribution in [2.24, 2.45) is 0 Å². The fourth-order valence-corrected chi connectivity index (χ4v) is 6.41. The minimum Gasteiger partial charge on any atom is -0.377 e. The Bertz CT molecular complexity index is 1280. The van der Waals surface area contributed by atoms with Crippen molar-refractivity contribution in [3.05, 3.63) is 0 Å². The fraction of sp³-hybridized carbons (Fsp3) is 0.433. The zero-order valence-corrected chi connectivity index (χ0v) is 26.0. The predicted octanol–water partition coefficient (Wildman–Crippen LogP) is 1.40. The second-order valence-electron chi connectivity index (χ2n) is 7.22. The van der Waals surface area contributed by atoms with Gasteiger partial charge in [-0.3, -0.25) is 4.79 Å². The van der Waals surface area contributed by atoms with Gasteiger partial charge < -0.3 is 31.5 Å². The quantitative estimate of drug-likeness (QED) is 0.229. The smallest absolute Gasteiger partial charge is 0.377 e. The van der Waals surface area contributed by atoms with Crippen molar-refractivity contribution < 1.29 is 31.4 Å². The Hall–Kier alpha value is -3.86. The molecule has 0 heterocycles. The molecule has 208 valence electrons. The van der Waals surface area contributed by atoms with Crippen molar-refractivity contribution in [1.29, 1.82) is 0 Å². The van der Waals surface area contributed by atoms with E-state index in [-0.39, 0.29) is 5.91 Å². The first kappa shape index (κ1) is 36.1. The number of carbonyl (C=O) groups is 1. The molecule has 0 saturated carbocycles. The largest absolute Gasteiger partial charge is 0.500 e. The maximum Gasteiger partial charge on any atom is 0.500 e. The van der Waals surface area contributed by atoms with Gasteiger partial charge in [0.1, 0.15) is 0 Å². The van der Waals surface area contributed by atoms with Gasteiger partial charge in [-0.15, -0.1) is 0 Å². The summed E-state index contributed by atoms with van der Waals surface area (Å²) in [6.45, 7) is 2.54. The summed E-state index contributed by atoms with van der Waals surface area (Å²) in [7, 11) is 3.79. The first-order valence-corrected chi connectivity index (χ1v) is 15.8. The molecule has 0 N–H and O–H groups in total. The van der Waals surface area contributed by atoms with Crippen molar-refractivity contribution >= 4 is 23.5 Å². The maximum absolute atomic E-state index is 12.8. The summed E-state index contributed by atoms with van der Waals surface area (Å²) in [5, 5.41) is 0. The molecular formula is C30H33NO7Si2. The predicted molar refractivity (Wildman–Crippen MR) is 157 cm³/mol. The van der Waals surface area contributed by atoms with E-state index in [4.69, 9.17) is 26.6 Å². The molecule has 0 bridgehead atoms. The highest BCUT2D eigenvalue weighted by Crippen LogP contribution is 2.18. The lowest BCUT2D eigenvalue weighted by molar-refractivity contribution is -0.125. The van der Waals surface area contributed by atoms with Crippen molar-refractivity contribution in [3.63, 3.8) is 0 Å². The van der Waals surface area contributed by atoms with E-state index in [2.05, 4.69) is 94.7 Å². The van der Waals surface area contributed by atoms with Crippen LogP contribution in [-0.2, 0) is 31.4 Å². The number of hydrogen-bond acceptors (Lipinski definition) is 7.